The Kier molecular flexibility index (Phi) is 3.52. The zero-order chi connectivity index (χ0) is 14.8. The quantitative estimate of drug-likeness (QED) is 0.740. The zero-order valence-electron chi connectivity index (χ0n) is 12.2. The molecular weight excluding hydrogens is 262 g/mol. The van der Waals surface area contributed by atoms with Crippen molar-refractivity contribution in [3.8, 4) is 5.69 Å². The molecule has 3 aromatic rings. The number of pyridine rings is 1. The summed E-state index contributed by atoms with van der Waals surface area (Å²) in [6, 6.07) is 13.6. The van der Waals surface area contributed by atoms with Crippen LogP contribution in [0.25, 0.3) is 16.7 Å². The number of hydrogen-bond donors (Lipinski definition) is 0. The summed E-state index contributed by atoms with van der Waals surface area (Å²) in [6.07, 6.45) is 1.55. The molecule has 0 spiro atoms. The highest BCUT2D eigenvalue weighted by atomic mass is 16.1. The maximum absolute atomic E-state index is 12.4. The molecule has 0 N–H and O–H groups in total. The second kappa shape index (κ2) is 5.48. The number of benzene rings is 1. The minimum atomic E-state index is -0.272. The molecule has 0 aliphatic rings. The van der Waals surface area contributed by atoms with Crippen LogP contribution in [-0.2, 0) is 12.8 Å². The van der Waals surface area contributed by atoms with E-state index in [0.717, 1.165) is 28.9 Å². The number of fused-ring (bicyclic) bond motifs is 1. The molecule has 0 saturated heterocycles. The molecule has 2 aromatic heterocycles. The molecule has 4 nitrogen and oxygen atoms in total. The van der Waals surface area contributed by atoms with E-state index < -0.39 is 0 Å². The maximum atomic E-state index is 12.4. The molecule has 0 unspecified atom stereocenters. The molecule has 0 aliphatic carbocycles. The first-order valence-electron chi connectivity index (χ1n) is 7.21. The van der Waals surface area contributed by atoms with Gasteiger partial charge in [0.25, 0.3) is 0 Å². The molecule has 4 heteroatoms. The molecule has 0 saturated carbocycles. The van der Waals surface area contributed by atoms with E-state index in [2.05, 4.69) is 16.9 Å². The van der Waals surface area contributed by atoms with Crippen LogP contribution >= 0.6 is 0 Å². The fraction of sp³-hybridized carbons (Fsp3) is 0.235. The summed E-state index contributed by atoms with van der Waals surface area (Å²) in [4.78, 5) is 21.3. The van der Waals surface area contributed by atoms with Crippen molar-refractivity contribution in [3.63, 3.8) is 0 Å². The van der Waals surface area contributed by atoms with Crippen LogP contribution in [0.5, 0.6) is 0 Å². The van der Waals surface area contributed by atoms with Gasteiger partial charge in [0.2, 0.25) is 0 Å². The van der Waals surface area contributed by atoms with Gasteiger partial charge in [0.15, 0.2) is 5.65 Å². The highest BCUT2D eigenvalue weighted by Gasteiger charge is 2.12. The van der Waals surface area contributed by atoms with Gasteiger partial charge < -0.3 is 0 Å². The lowest BCUT2D eigenvalue weighted by Crippen LogP contribution is -2.24. The topological polar surface area (TPSA) is 47.8 Å². The number of aromatic nitrogens is 3. The third kappa shape index (κ3) is 2.33. The van der Waals surface area contributed by atoms with Gasteiger partial charge in [0.1, 0.15) is 0 Å². The first kappa shape index (κ1) is 13.5. The van der Waals surface area contributed by atoms with Crippen LogP contribution in [0.3, 0.4) is 0 Å². The van der Waals surface area contributed by atoms with Gasteiger partial charge in [0.05, 0.1) is 11.4 Å². The molecule has 0 atom stereocenters. The van der Waals surface area contributed by atoms with Gasteiger partial charge in [-0.15, -0.1) is 0 Å². The Bertz CT molecular complexity index is 838. The maximum Gasteiger partial charge on any atom is 0.354 e. The van der Waals surface area contributed by atoms with Crippen LogP contribution in [-0.4, -0.2) is 14.5 Å². The molecule has 0 radical (unpaired) electrons. The van der Waals surface area contributed by atoms with Crippen molar-refractivity contribution < 1.29 is 0 Å². The second-order valence-electron chi connectivity index (χ2n) is 4.89. The molecule has 1 aromatic carbocycles. The van der Waals surface area contributed by atoms with Crippen molar-refractivity contribution in [1.29, 1.82) is 0 Å². The average Bonchev–Trinajstić information content (AvgIpc) is 2.54. The van der Waals surface area contributed by atoms with E-state index in [0.29, 0.717) is 12.1 Å². The fourth-order valence-corrected chi connectivity index (χ4v) is 2.48. The second-order valence-corrected chi connectivity index (χ2v) is 4.89. The van der Waals surface area contributed by atoms with Crippen molar-refractivity contribution in [2.24, 2.45) is 0 Å². The van der Waals surface area contributed by atoms with Gasteiger partial charge in [-0.05, 0) is 37.1 Å². The monoisotopic (exact) mass is 279 g/mol. The zero-order valence-corrected chi connectivity index (χ0v) is 12.2. The number of hydrogen-bond acceptors (Lipinski definition) is 3. The predicted molar refractivity (Wildman–Crippen MR) is 83.9 cm³/mol. The van der Waals surface area contributed by atoms with Crippen molar-refractivity contribution >= 4 is 11.0 Å². The summed E-state index contributed by atoms with van der Waals surface area (Å²) in [7, 11) is 0. The van der Waals surface area contributed by atoms with E-state index in [4.69, 9.17) is 0 Å². The lowest BCUT2D eigenvalue weighted by molar-refractivity contribution is 0.888. The Hall–Kier alpha value is -2.49. The minimum absolute atomic E-state index is 0.272. The third-order valence-electron chi connectivity index (χ3n) is 3.59. The average molecular weight is 279 g/mol. The summed E-state index contributed by atoms with van der Waals surface area (Å²) in [5.41, 5.74) is 2.99. The third-order valence-corrected chi connectivity index (χ3v) is 3.59. The van der Waals surface area contributed by atoms with Gasteiger partial charge in [-0.1, -0.05) is 32.0 Å². The normalized spacial score (nSPS) is 11.0. The molecule has 106 valence electrons. The Morgan fingerprint density at radius 3 is 2.38 bits per heavy atom. The highest BCUT2D eigenvalue weighted by molar-refractivity contribution is 5.79. The van der Waals surface area contributed by atoms with Crippen LogP contribution < -0.4 is 5.69 Å². The Balaban J connectivity index is 2.43. The first-order valence-corrected chi connectivity index (χ1v) is 7.21. The number of nitrogens with zero attached hydrogens (tertiary/aromatic N) is 3. The summed E-state index contributed by atoms with van der Waals surface area (Å²) < 4.78 is 1.59. The molecule has 21 heavy (non-hydrogen) atoms. The molecule has 0 bridgehead atoms. The lowest BCUT2D eigenvalue weighted by atomic mass is 10.1. The number of para-hydroxylation sites is 1. The van der Waals surface area contributed by atoms with Crippen LogP contribution in [0.2, 0.25) is 0 Å². The van der Waals surface area contributed by atoms with Crippen molar-refractivity contribution in [3.05, 3.63) is 64.3 Å². The van der Waals surface area contributed by atoms with Gasteiger partial charge in [-0.3, -0.25) is 0 Å². The van der Waals surface area contributed by atoms with Crippen LogP contribution in [0, 0.1) is 0 Å². The van der Waals surface area contributed by atoms with Crippen molar-refractivity contribution in [2.45, 2.75) is 26.7 Å². The van der Waals surface area contributed by atoms with E-state index in [1.54, 1.807) is 4.57 Å². The minimum Gasteiger partial charge on any atom is -0.245 e. The van der Waals surface area contributed by atoms with E-state index in [9.17, 15) is 4.79 Å². The van der Waals surface area contributed by atoms with Crippen LogP contribution in [0.1, 0.15) is 25.2 Å². The predicted octanol–water partition coefficient (Wildman–Crippen LogP) is 2.91. The van der Waals surface area contributed by atoms with Gasteiger partial charge in [-0.2, -0.15) is 4.98 Å². The molecule has 3 rings (SSSR count). The Labute approximate surface area is 123 Å². The first-order chi connectivity index (χ1) is 10.2. The van der Waals surface area contributed by atoms with Gasteiger partial charge >= 0.3 is 5.69 Å². The van der Waals surface area contributed by atoms with E-state index in [1.807, 2.05) is 49.4 Å². The highest BCUT2D eigenvalue weighted by Crippen LogP contribution is 2.18. The number of rotatable bonds is 3. The van der Waals surface area contributed by atoms with Gasteiger partial charge in [-0.25, -0.2) is 14.3 Å². The van der Waals surface area contributed by atoms with Crippen LogP contribution in [0.4, 0.5) is 0 Å². The smallest absolute Gasteiger partial charge is 0.245 e. The van der Waals surface area contributed by atoms with E-state index in [1.165, 1.54) is 0 Å². The largest absolute Gasteiger partial charge is 0.354 e. The molecule has 0 amide bonds. The van der Waals surface area contributed by atoms with Crippen molar-refractivity contribution in [2.75, 3.05) is 0 Å². The fourth-order valence-electron chi connectivity index (χ4n) is 2.48. The summed E-state index contributed by atoms with van der Waals surface area (Å²) in [6.45, 7) is 4.06. The number of aryl methyl sites for hydroxylation is 2. The summed E-state index contributed by atoms with van der Waals surface area (Å²) >= 11 is 0. The summed E-state index contributed by atoms with van der Waals surface area (Å²) in [5.74, 6) is 0. The lowest BCUT2D eigenvalue weighted by Gasteiger charge is -2.12. The van der Waals surface area contributed by atoms with E-state index >= 15 is 0 Å². The van der Waals surface area contributed by atoms with Gasteiger partial charge in [0, 0.05) is 11.1 Å². The standard InChI is InChI=1S/C17H17N3O/c1-3-12-10-11-14-15(4-2)19-17(21)20(16(14)18-12)13-8-6-5-7-9-13/h5-11H,3-4H2,1-2H3. The summed E-state index contributed by atoms with van der Waals surface area (Å²) in [5, 5.41) is 0.943. The van der Waals surface area contributed by atoms with Crippen LogP contribution in [0.15, 0.2) is 47.3 Å². The molecule has 2 heterocycles. The molecule has 0 aliphatic heterocycles. The SMILES string of the molecule is CCc1ccc2c(CC)nc(=O)n(-c3ccccc3)c2n1. The molecular formula is C17H17N3O. The van der Waals surface area contributed by atoms with Crippen molar-refractivity contribution in [1.82, 2.24) is 14.5 Å². The van der Waals surface area contributed by atoms with E-state index in [-0.39, 0.29) is 5.69 Å². The Morgan fingerprint density at radius 2 is 1.71 bits per heavy atom. The Morgan fingerprint density at radius 1 is 0.952 bits per heavy atom. The molecule has 0 fully saturated rings.